The fourth-order valence-electron chi connectivity index (χ4n) is 2.30. The van der Waals surface area contributed by atoms with Crippen LogP contribution in [-0.2, 0) is 0 Å². The molecule has 1 aliphatic rings. The van der Waals surface area contributed by atoms with Crippen molar-refractivity contribution in [1.29, 1.82) is 0 Å². The SMILES string of the molecule is CCNCC(C)(C)C1CCCC1. The van der Waals surface area contributed by atoms with Gasteiger partial charge in [0.15, 0.2) is 0 Å². The highest BCUT2D eigenvalue weighted by Crippen LogP contribution is 2.38. The van der Waals surface area contributed by atoms with Gasteiger partial charge in [0.25, 0.3) is 0 Å². The van der Waals surface area contributed by atoms with E-state index in [1.165, 1.54) is 32.2 Å². The van der Waals surface area contributed by atoms with Crippen LogP contribution < -0.4 is 5.32 Å². The molecule has 1 rings (SSSR count). The standard InChI is InChI=1S/C11H23N/c1-4-12-9-11(2,3)10-7-5-6-8-10/h10,12H,4-9H2,1-3H3. The lowest BCUT2D eigenvalue weighted by Gasteiger charge is -2.31. The lowest BCUT2D eigenvalue weighted by molar-refractivity contribution is 0.210. The third-order valence-corrected chi connectivity index (χ3v) is 3.29. The van der Waals surface area contributed by atoms with Crippen molar-refractivity contribution in [2.45, 2.75) is 46.5 Å². The van der Waals surface area contributed by atoms with Crippen molar-refractivity contribution in [2.24, 2.45) is 11.3 Å². The van der Waals surface area contributed by atoms with Crippen LogP contribution in [0, 0.1) is 11.3 Å². The molecule has 0 amide bonds. The molecule has 0 saturated heterocycles. The Bertz CT molecular complexity index is 123. The monoisotopic (exact) mass is 169 g/mol. The Labute approximate surface area is 76.9 Å². The highest BCUT2D eigenvalue weighted by Gasteiger charge is 2.30. The Morgan fingerprint density at radius 1 is 1.25 bits per heavy atom. The molecule has 0 aromatic heterocycles. The number of rotatable bonds is 4. The van der Waals surface area contributed by atoms with Crippen LogP contribution in [0.25, 0.3) is 0 Å². The van der Waals surface area contributed by atoms with Crippen molar-refractivity contribution < 1.29 is 0 Å². The number of hydrogen-bond donors (Lipinski definition) is 1. The van der Waals surface area contributed by atoms with E-state index in [0.717, 1.165) is 12.5 Å². The van der Waals surface area contributed by atoms with Gasteiger partial charge in [0.05, 0.1) is 0 Å². The second-order valence-corrected chi connectivity index (χ2v) is 4.75. The zero-order chi connectivity index (χ0) is 9.03. The summed E-state index contributed by atoms with van der Waals surface area (Å²) in [6.07, 6.45) is 5.83. The predicted octanol–water partition coefficient (Wildman–Crippen LogP) is 2.81. The normalized spacial score (nSPS) is 20.2. The molecule has 0 aromatic rings. The molecule has 1 heteroatoms. The van der Waals surface area contributed by atoms with Gasteiger partial charge in [0, 0.05) is 6.54 Å². The summed E-state index contributed by atoms with van der Waals surface area (Å²) in [4.78, 5) is 0. The van der Waals surface area contributed by atoms with E-state index < -0.39 is 0 Å². The summed E-state index contributed by atoms with van der Waals surface area (Å²) in [5.74, 6) is 0.969. The smallest absolute Gasteiger partial charge is 0.000505 e. The van der Waals surface area contributed by atoms with Gasteiger partial charge in [-0.25, -0.2) is 0 Å². The minimum atomic E-state index is 0.520. The van der Waals surface area contributed by atoms with E-state index in [2.05, 4.69) is 26.1 Å². The first-order chi connectivity index (χ1) is 5.67. The fourth-order valence-corrected chi connectivity index (χ4v) is 2.30. The Morgan fingerprint density at radius 2 is 1.83 bits per heavy atom. The molecule has 0 radical (unpaired) electrons. The van der Waals surface area contributed by atoms with Crippen LogP contribution >= 0.6 is 0 Å². The molecule has 1 fully saturated rings. The van der Waals surface area contributed by atoms with Crippen LogP contribution in [0.15, 0.2) is 0 Å². The van der Waals surface area contributed by atoms with Crippen molar-refractivity contribution in [2.75, 3.05) is 13.1 Å². The summed E-state index contributed by atoms with van der Waals surface area (Å²) in [7, 11) is 0. The summed E-state index contributed by atoms with van der Waals surface area (Å²) >= 11 is 0. The van der Waals surface area contributed by atoms with Gasteiger partial charge >= 0.3 is 0 Å². The molecular weight excluding hydrogens is 146 g/mol. The molecule has 0 unspecified atom stereocenters. The van der Waals surface area contributed by atoms with Crippen LogP contribution in [0.3, 0.4) is 0 Å². The van der Waals surface area contributed by atoms with Gasteiger partial charge in [-0.15, -0.1) is 0 Å². The summed E-state index contributed by atoms with van der Waals surface area (Å²) in [5, 5.41) is 3.47. The Hall–Kier alpha value is -0.0400. The molecule has 0 aliphatic heterocycles. The van der Waals surface area contributed by atoms with Crippen LogP contribution in [0.2, 0.25) is 0 Å². The largest absolute Gasteiger partial charge is 0.316 e. The molecule has 0 heterocycles. The molecule has 0 spiro atoms. The van der Waals surface area contributed by atoms with Crippen molar-refractivity contribution in [3.8, 4) is 0 Å². The van der Waals surface area contributed by atoms with E-state index in [9.17, 15) is 0 Å². The third kappa shape index (κ3) is 2.48. The summed E-state index contributed by atoms with van der Waals surface area (Å²) in [6, 6.07) is 0. The lowest BCUT2D eigenvalue weighted by atomic mass is 9.78. The minimum Gasteiger partial charge on any atom is -0.316 e. The van der Waals surface area contributed by atoms with Gasteiger partial charge in [-0.3, -0.25) is 0 Å². The molecular formula is C11H23N. The number of nitrogens with one attached hydrogen (secondary N) is 1. The average molecular weight is 169 g/mol. The molecule has 1 saturated carbocycles. The molecule has 0 atom stereocenters. The molecule has 1 aliphatic carbocycles. The van der Waals surface area contributed by atoms with Crippen molar-refractivity contribution in [3.63, 3.8) is 0 Å². The first-order valence-electron chi connectivity index (χ1n) is 5.37. The van der Waals surface area contributed by atoms with E-state index in [1.54, 1.807) is 0 Å². The van der Waals surface area contributed by atoms with E-state index in [1.807, 2.05) is 0 Å². The maximum atomic E-state index is 3.47. The first-order valence-corrected chi connectivity index (χ1v) is 5.37. The van der Waals surface area contributed by atoms with Crippen LogP contribution in [0.5, 0.6) is 0 Å². The molecule has 0 aromatic carbocycles. The highest BCUT2D eigenvalue weighted by molar-refractivity contribution is 4.83. The van der Waals surface area contributed by atoms with Crippen LogP contribution in [0.4, 0.5) is 0 Å². The quantitative estimate of drug-likeness (QED) is 0.682. The molecule has 1 nitrogen and oxygen atoms in total. The van der Waals surface area contributed by atoms with Gasteiger partial charge in [-0.2, -0.15) is 0 Å². The first kappa shape index (κ1) is 10.0. The maximum Gasteiger partial charge on any atom is 0.000505 e. The zero-order valence-corrected chi connectivity index (χ0v) is 8.82. The number of hydrogen-bond acceptors (Lipinski definition) is 1. The minimum absolute atomic E-state index is 0.520. The van der Waals surface area contributed by atoms with Crippen molar-refractivity contribution >= 4 is 0 Å². The third-order valence-electron chi connectivity index (χ3n) is 3.29. The van der Waals surface area contributed by atoms with Gasteiger partial charge in [0.1, 0.15) is 0 Å². The Balaban J connectivity index is 2.34. The highest BCUT2D eigenvalue weighted by atomic mass is 14.9. The van der Waals surface area contributed by atoms with Gasteiger partial charge in [0.2, 0.25) is 0 Å². The summed E-state index contributed by atoms with van der Waals surface area (Å²) < 4.78 is 0. The fraction of sp³-hybridized carbons (Fsp3) is 1.00. The molecule has 1 N–H and O–H groups in total. The van der Waals surface area contributed by atoms with Crippen molar-refractivity contribution in [3.05, 3.63) is 0 Å². The lowest BCUT2D eigenvalue weighted by Crippen LogP contribution is -2.34. The van der Waals surface area contributed by atoms with Crippen LogP contribution in [-0.4, -0.2) is 13.1 Å². The predicted molar refractivity (Wildman–Crippen MR) is 54.3 cm³/mol. The Morgan fingerprint density at radius 3 is 2.33 bits per heavy atom. The van der Waals surface area contributed by atoms with Crippen molar-refractivity contribution in [1.82, 2.24) is 5.32 Å². The topological polar surface area (TPSA) is 12.0 Å². The molecule has 12 heavy (non-hydrogen) atoms. The van der Waals surface area contributed by atoms with Gasteiger partial charge < -0.3 is 5.32 Å². The summed E-state index contributed by atoms with van der Waals surface area (Å²) in [5.41, 5.74) is 0.520. The second kappa shape index (κ2) is 4.27. The van der Waals surface area contributed by atoms with E-state index in [4.69, 9.17) is 0 Å². The molecule has 72 valence electrons. The molecule has 0 bridgehead atoms. The average Bonchev–Trinajstić information content (AvgIpc) is 2.53. The zero-order valence-electron chi connectivity index (χ0n) is 8.82. The Kier molecular flexibility index (Phi) is 3.57. The van der Waals surface area contributed by atoms with Crippen LogP contribution in [0.1, 0.15) is 46.5 Å². The maximum absolute atomic E-state index is 3.47. The van der Waals surface area contributed by atoms with Gasteiger partial charge in [-0.1, -0.05) is 33.6 Å². The van der Waals surface area contributed by atoms with E-state index in [-0.39, 0.29) is 0 Å². The van der Waals surface area contributed by atoms with E-state index >= 15 is 0 Å². The summed E-state index contributed by atoms with van der Waals surface area (Å²) in [6.45, 7) is 9.30. The second-order valence-electron chi connectivity index (χ2n) is 4.75. The van der Waals surface area contributed by atoms with Gasteiger partial charge in [-0.05, 0) is 30.7 Å². The van der Waals surface area contributed by atoms with E-state index in [0.29, 0.717) is 5.41 Å².